The van der Waals surface area contributed by atoms with E-state index in [0.717, 1.165) is 25.9 Å². The van der Waals surface area contributed by atoms with E-state index in [0.29, 0.717) is 13.0 Å². The van der Waals surface area contributed by atoms with Crippen LogP contribution in [0.15, 0.2) is 0 Å². The predicted molar refractivity (Wildman–Crippen MR) is 85.3 cm³/mol. The van der Waals surface area contributed by atoms with Crippen molar-refractivity contribution in [1.29, 1.82) is 0 Å². The lowest BCUT2D eigenvalue weighted by atomic mass is 9.93. The summed E-state index contributed by atoms with van der Waals surface area (Å²) in [5.74, 6) is -0.124. The Hall–Kier alpha value is -0.610. The van der Waals surface area contributed by atoms with Gasteiger partial charge in [-0.1, -0.05) is 20.8 Å². The van der Waals surface area contributed by atoms with Crippen molar-refractivity contribution in [2.75, 3.05) is 13.2 Å². The van der Waals surface area contributed by atoms with Gasteiger partial charge in [0.2, 0.25) is 0 Å². The first kappa shape index (κ1) is 18.4. The molecule has 0 aromatic heterocycles. The Morgan fingerprint density at radius 1 is 1.38 bits per heavy atom. The van der Waals surface area contributed by atoms with E-state index in [1.807, 2.05) is 6.92 Å². The first-order valence-corrected chi connectivity index (χ1v) is 8.25. The number of carbonyl (C=O) groups excluding carboxylic acids is 1. The van der Waals surface area contributed by atoms with Crippen LogP contribution in [-0.4, -0.2) is 36.9 Å². The van der Waals surface area contributed by atoms with Crippen molar-refractivity contribution in [1.82, 2.24) is 5.32 Å². The topological polar surface area (TPSA) is 47.6 Å². The van der Waals surface area contributed by atoms with Gasteiger partial charge in [-0.15, -0.1) is 0 Å². The third-order valence-electron chi connectivity index (χ3n) is 3.91. The summed E-state index contributed by atoms with van der Waals surface area (Å²) in [5, 5.41) is 3.42. The molecule has 2 atom stereocenters. The molecule has 0 heterocycles. The SMILES string of the molecule is CCOC(=O)C1(NC(C)C)CCC(OCCC(C)(C)C)C1. The van der Waals surface area contributed by atoms with E-state index in [-0.39, 0.29) is 23.5 Å². The lowest BCUT2D eigenvalue weighted by Gasteiger charge is -2.30. The minimum atomic E-state index is -0.559. The molecular formula is C17H33NO3. The van der Waals surface area contributed by atoms with Gasteiger partial charge >= 0.3 is 5.97 Å². The molecule has 1 saturated carbocycles. The van der Waals surface area contributed by atoms with Crippen molar-refractivity contribution in [3.8, 4) is 0 Å². The Bertz CT molecular complexity index is 335. The van der Waals surface area contributed by atoms with Gasteiger partial charge < -0.3 is 9.47 Å². The van der Waals surface area contributed by atoms with Crippen LogP contribution in [0.5, 0.6) is 0 Å². The lowest BCUT2D eigenvalue weighted by Crippen LogP contribution is -2.54. The highest BCUT2D eigenvalue weighted by molar-refractivity contribution is 5.81. The van der Waals surface area contributed by atoms with Gasteiger partial charge in [-0.3, -0.25) is 10.1 Å². The van der Waals surface area contributed by atoms with Crippen LogP contribution in [0, 0.1) is 5.41 Å². The molecule has 1 aliphatic carbocycles. The average molecular weight is 299 g/mol. The summed E-state index contributed by atoms with van der Waals surface area (Å²) in [4.78, 5) is 12.3. The maximum Gasteiger partial charge on any atom is 0.326 e. The number of carbonyl (C=O) groups is 1. The van der Waals surface area contributed by atoms with E-state index in [1.54, 1.807) is 0 Å². The van der Waals surface area contributed by atoms with Crippen LogP contribution in [0.25, 0.3) is 0 Å². The number of nitrogens with one attached hydrogen (secondary N) is 1. The van der Waals surface area contributed by atoms with Crippen LogP contribution in [0.4, 0.5) is 0 Å². The van der Waals surface area contributed by atoms with Crippen molar-refractivity contribution in [2.24, 2.45) is 5.41 Å². The Kier molecular flexibility index (Phi) is 6.67. The largest absolute Gasteiger partial charge is 0.465 e. The maximum atomic E-state index is 12.3. The van der Waals surface area contributed by atoms with Gasteiger partial charge in [-0.05, 0) is 45.4 Å². The minimum Gasteiger partial charge on any atom is -0.465 e. The summed E-state index contributed by atoms with van der Waals surface area (Å²) in [6, 6.07) is 0.253. The molecule has 1 aliphatic rings. The van der Waals surface area contributed by atoms with Gasteiger partial charge in [-0.2, -0.15) is 0 Å². The third kappa shape index (κ3) is 5.95. The second-order valence-corrected chi connectivity index (χ2v) is 7.65. The van der Waals surface area contributed by atoms with Crippen molar-refractivity contribution < 1.29 is 14.3 Å². The highest BCUT2D eigenvalue weighted by Gasteiger charge is 2.47. The molecule has 0 saturated heterocycles. The zero-order valence-corrected chi connectivity index (χ0v) is 14.6. The van der Waals surface area contributed by atoms with E-state index >= 15 is 0 Å². The molecule has 0 amide bonds. The number of rotatable bonds is 7. The van der Waals surface area contributed by atoms with Crippen LogP contribution in [0.1, 0.15) is 67.2 Å². The maximum absolute atomic E-state index is 12.3. The first-order chi connectivity index (χ1) is 9.68. The van der Waals surface area contributed by atoms with E-state index in [2.05, 4.69) is 39.9 Å². The summed E-state index contributed by atoms with van der Waals surface area (Å²) in [6.07, 6.45) is 3.62. The quantitative estimate of drug-likeness (QED) is 0.733. The summed E-state index contributed by atoms with van der Waals surface area (Å²) < 4.78 is 11.3. The minimum absolute atomic E-state index is 0.124. The van der Waals surface area contributed by atoms with Crippen molar-refractivity contribution in [2.45, 2.75) is 84.9 Å². The predicted octanol–water partition coefficient (Wildman–Crippen LogP) is 3.29. The molecule has 0 aliphatic heterocycles. The Balaban J connectivity index is 2.57. The molecule has 0 spiro atoms. The molecule has 0 aromatic carbocycles. The summed E-state index contributed by atoms with van der Waals surface area (Å²) in [5.41, 5.74) is -0.274. The number of hydrogen-bond acceptors (Lipinski definition) is 4. The van der Waals surface area contributed by atoms with E-state index in [1.165, 1.54) is 0 Å². The third-order valence-corrected chi connectivity index (χ3v) is 3.91. The summed E-state index contributed by atoms with van der Waals surface area (Å²) >= 11 is 0. The van der Waals surface area contributed by atoms with Crippen molar-refractivity contribution in [3.05, 3.63) is 0 Å². The van der Waals surface area contributed by atoms with Gasteiger partial charge in [0.05, 0.1) is 12.7 Å². The fourth-order valence-electron chi connectivity index (χ4n) is 2.87. The van der Waals surface area contributed by atoms with Crippen LogP contribution in [-0.2, 0) is 14.3 Å². The van der Waals surface area contributed by atoms with E-state index < -0.39 is 5.54 Å². The molecular weight excluding hydrogens is 266 g/mol. The van der Waals surface area contributed by atoms with Crippen molar-refractivity contribution in [3.63, 3.8) is 0 Å². The molecule has 0 aromatic rings. The van der Waals surface area contributed by atoms with Crippen LogP contribution >= 0.6 is 0 Å². The summed E-state index contributed by atoms with van der Waals surface area (Å²) in [7, 11) is 0. The monoisotopic (exact) mass is 299 g/mol. The summed E-state index contributed by atoms with van der Waals surface area (Å²) in [6.45, 7) is 13.8. The van der Waals surface area contributed by atoms with Gasteiger partial charge in [0.1, 0.15) is 5.54 Å². The molecule has 4 heteroatoms. The van der Waals surface area contributed by atoms with Gasteiger partial charge in [0.15, 0.2) is 0 Å². The number of ether oxygens (including phenoxy) is 2. The highest BCUT2D eigenvalue weighted by atomic mass is 16.5. The van der Waals surface area contributed by atoms with Crippen LogP contribution in [0.3, 0.4) is 0 Å². The zero-order valence-electron chi connectivity index (χ0n) is 14.6. The number of hydrogen-bond donors (Lipinski definition) is 1. The lowest BCUT2D eigenvalue weighted by molar-refractivity contribution is -0.151. The first-order valence-electron chi connectivity index (χ1n) is 8.25. The highest BCUT2D eigenvalue weighted by Crippen LogP contribution is 2.34. The van der Waals surface area contributed by atoms with Crippen LogP contribution < -0.4 is 5.32 Å². The molecule has 1 N–H and O–H groups in total. The number of esters is 1. The molecule has 2 unspecified atom stereocenters. The Morgan fingerprint density at radius 3 is 2.57 bits per heavy atom. The van der Waals surface area contributed by atoms with E-state index in [4.69, 9.17) is 9.47 Å². The van der Waals surface area contributed by atoms with Crippen molar-refractivity contribution >= 4 is 5.97 Å². The normalized spacial score (nSPS) is 26.3. The Morgan fingerprint density at radius 2 is 2.05 bits per heavy atom. The second-order valence-electron chi connectivity index (χ2n) is 7.65. The standard InChI is InChI=1S/C17H33NO3/c1-7-20-15(19)17(18-13(2)3)9-8-14(12-17)21-11-10-16(4,5)6/h13-14,18H,7-12H2,1-6H3. The average Bonchev–Trinajstić information content (AvgIpc) is 2.71. The fourth-order valence-corrected chi connectivity index (χ4v) is 2.87. The molecule has 21 heavy (non-hydrogen) atoms. The fraction of sp³-hybridized carbons (Fsp3) is 0.941. The molecule has 1 fully saturated rings. The van der Waals surface area contributed by atoms with E-state index in [9.17, 15) is 4.79 Å². The molecule has 4 nitrogen and oxygen atoms in total. The molecule has 124 valence electrons. The zero-order chi connectivity index (χ0) is 16.1. The molecule has 0 bridgehead atoms. The molecule has 1 rings (SSSR count). The molecule has 0 radical (unpaired) electrons. The smallest absolute Gasteiger partial charge is 0.326 e. The Labute approximate surface area is 130 Å². The second kappa shape index (κ2) is 7.59. The van der Waals surface area contributed by atoms with Gasteiger partial charge in [0, 0.05) is 19.1 Å². The van der Waals surface area contributed by atoms with Gasteiger partial charge in [-0.25, -0.2) is 0 Å². The van der Waals surface area contributed by atoms with Crippen LogP contribution in [0.2, 0.25) is 0 Å². The van der Waals surface area contributed by atoms with Gasteiger partial charge in [0.25, 0.3) is 0 Å².